The van der Waals surface area contributed by atoms with Crippen molar-refractivity contribution in [2.45, 2.75) is 45.7 Å². The average molecular weight is 181 g/mol. The lowest BCUT2D eigenvalue weighted by molar-refractivity contribution is 0.499. The first-order valence-electron chi connectivity index (χ1n) is 4.89. The second kappa shape index (κ2) is 4.42. The highest BCUT2D eigenvalue weighted by Crippen LogP contribution is 2.10. The van der Waals surface area contributed by atoms with Crippen LogP contribution in [0.5, 0.6) is 0 Å². The number of nitrogens with two attached hydrogens (primary N) is 1. The van der Waals surface area contributed by atoms with Gasteiger partial charge in [0, 0.05) is 24.0 Å². The third kappa shape index (κ3) is 2.84. The highest BCUT2D eigenvalue weighted by molar-refractivity contribution is 5.01. The van der Waals surface area contributed by atoms with Gasteiger partial charge in [-0.1, -0.05) is 0 Å². The number of rotatable bonds is 4. The second-order valence-electron chi connectivity index (χ2n) is 3.88. The van der Waals surface area contributed by atoms with Gasteiger partial charge in [-0.15, -0.1) is 0 Å². The molecule has 0 fully saturated rings. The lowest BCUT2D eigenvalue weighted by Gasteiger charge is -2.11. The fourth-order valence-corrected chi connectivity index (χ4v) is 1.38. The maximum absolute atomic E-state index is 5.71. The SMILES string of the molecule is CC(C)n1nccc1CC[C@@H](C)N. The van der Waals surface area contributed by atoms with Crippen molar-refractivity contribution in [1.82, 2.24) is 9.78 Å². The molecule has 1 aromatic heterocycles. The van der Waals surface area contributed by atoms with Crippen LogP contribution in [0.25, 0.3) is 0 Å². The zero-order valence-electron chi connectivity index (χ0n) is 8.70. The van der Waals surface area contributed by atoms with Gasteiger partial charge in [0.25, 0.3) is 0 Å². The number of nitrogens with zero attached hydrogens (tertiary/aromatic N) is 2. The van der Waals surface area contributed by atoms with E-state index in [4.69, 9.17) is 5.73 Å². The van der Waals surface area contributed by atoms with Crippen molar-refractivity contribution >= 4 is 0 Å². The molecule has 0 saturated carbocycles. The predicted octanol–water partition coefficient (Wildman–Crippen LogP) is 1.74. The van der Waals surface area contributed by atoms with Crippen molar-refractivity contribution in [1.29, 1.82) is 0 Å². The highest BCUT2D eigenvalue weighted by atomic mass is 15.3. The summed E-state index contributed by atoms with van der Waals surface area (Å²) in [7, 11) is 0. The largest absolute Gasteiger partial charge is 0.328 e. The maximum Gasteiger partial charge on any atom is 0.0492 e. The minimum atomic E-state index is 0.274. The smallest absolute Gasteiger partial charge is 0.0492 e. The molecule has 0 bridgehead atoms. The molecule has 13 heavy (non-hydrogen) atoms. The van der Waals surface area contributed by atoms with Gasteiger partial charge in [0.05, 0.1) is 0 Å². The van der Waals surface area contributed by atoms with E-state index in [2.05, 4.69) is 29.7 Å². The van der Waals surface area contributed by atoms with E-state index in [1.54, 1.807) is 0 Å². The minimum absolute atomic E-state index is 0.274. The quantitative estimate of drug-likeness (QED) is 0.769. The zero-order valence-corrected chi connectivity index (χ0v) is 8.70. The summed E-state index contributed by atoms with van der Waals surface area (Å²) < 4.78 is 2.06. The van der Waals surface area contributed by atoms with E-state index in [1.165, 1.54) is 5.69 Å². The van der Waals surface area contributed by atoms with E-state index in [1.807, 2.05) is 13.1 Å². The van der Waals surface area contributed by atoms with Gasteiger partial charge in [-0.2, -0.15) is 5.10 Å². The van der Waals surface area contributed by atoms with Gasteiger partial charge in [0.15, 0.2) is 0 Å². The molecule has 0 radical (unpaired) electrons. The van der Waals surface area contributed by atoms with Crippen LogP contribution in [-0.4, -0.2) is 15.8 Å². The first kappa shape index (κ1) is 10.3. The Balaban J connectivity index is 2.60. The number of aryl methyl sites for hydroxylation is 1. The summed E-state index contributed by atoms with van der Waals surface area (Å²) in [5, 5.41) is 4.27. The Morgan fingerprint density at radius 3 is 2.69 bits per heavy atom. The van der Waals surface area contributed by atoms with Gasteiger partial charge in [0.2, 0.25) is 0 Å². The molecule has 0 aromatic carbocycles. The van der Waals surface area contributed by atoms with Crippen molar-refractivity contribution in [3.05, 3.63) is 18.0 Å². The molecule has 1 atom stereocenters. The van der Waals surface area contributed by atoms with Crippen LogP contribution >= 0.6 is 0 Å². The van der Waals surface area contributed by atoms with Gasteiger partial charge in [-0.25, -0.2) is 0 Å². The van der Waals surface area contributed by atoms with Gasteiger partial charge < -0.3 is 5.73 Å². The number of hydrogen-bond donors (Lipinski definition) is 1. The molecule has 3 heteroatoms. The van der Waals surface area contributed by atoms with E-state index in [9.17, 15) is 0 Å². The molecule has 74 valence electrons. The Kier molecular flexibility index (Phi) is 3.48. The molecule has 2 N–H and O–H groups in total. The molecular weight excluding hydrogens is 162 g/mol. The minimum Gasteiger partial charge on any atom is -0.328 e. The molecule has 3 nitrogen and oxygen atoms in total. The normalized spacial score (nSPS) is 13.6. The summed E-state index contributed by atoms with van der Waals surface area (Å²) in [4.78, 5) is 0. The molecule has 0 saturated heterocycles. The van der Waals surface area contributed by atoms with Gasteiger partial charge in [-0.3, -0.25) is 4.68 Å². The summed E-state index contributed by atoms with van der Waals surface area (Å²) in [6.45, 7) is 6.32. The fourth-order valence-electron chi connectivity index (χ4n) is 1.38. The molecule has 0 aliphatic heterocycles. The Morgan fingerprint density at radius 1 is 1.46 bits per heavy atom. The summed E-state index contributed by atoms with van der Waals surface area (Å²) in [6, 6.07) is 2.79. The average Bonchev–Trinajstić information content (AvgIpc) is 2.47. The van der Waals surface area contributed by atoms with E-state index in [-0.39, 0.29) is 6.04 Å². The summed E-state index contributed by atoms with van der Waals surface area (Å²) in [6.07, 6.45) is 3.91. The molecule has 0 spiro atoms. The molecular formula is C10H19N3. The third-order valence-corrected chi connectivity index (χ3v) is 2.10. The topological polar surface area (TPSA) is 43.8 Å². The molecule has 0 unspecified atom stereocenters. The number of hydrogen-bond acceptors (Lipinski definition) is 2. The molecule has 1 heterocycles. The maximum atomic E-state index is 5.71. The van der Waals surface area contributed by atoms with Crippen LogP contribution < -0.4 is 5.73 Å². The van der Waals surface area contributed by atoms with E-state index >= 15 is 0 Å². The first-order chi connectivity index (χ1) is 6.11. The van der Waals surface area contributed by atoms with Crippen LogP contribution in [0.1, 0.15) is 38.9 Å². The van der Waals surface area contributed by atoms with Crippen LogP contribution in [0.15, 0.2) is 12.3 Å². The highest BCUT2D eigenvalue weighted by Gasteiger charge is 2.05. The van der Waals surface area contributed by atoms with Crippen LogP contribution in [0.2, 0.25) is 0 Å². The predicted molar refractivity (Wildman–Crippen MR) is 54.6 cm³/mol. The van der Waals surface area contributed by atoms with Gasteiger partial charge >= 0.3 is 0 Å². The van der Waals surface area contributed by atoms with Crippen molar-refractivity contribution < 1.29 is 0 Å². The Labute approximate surface area is 79.9 Å². The van der Waals surface area contributed by atoms with E-state index in [0.717, 1.165) is 12.8 Å². The lowest BCUT2D eigenvalue weighted by Crippen LogP contribution is -2.17. The Morgan fingerprint density at radius 2 is 2.15 bits per heavy atom. The van der Waals surface area contributed by atoms with Crippen LogP contribution in [0, 0.1) is 0 Å². The molecule has 1 aromatic rings. The van der Waals surface area contributed by atoms with Crippen molar-refractivity contribution in [3.8, 4) is 0 Å². The summed E-state index contributed by atoms with van der Waals surface area (Å²) in [5.41, 5.74) is 6.99. The molecule has 0 amide bonds. The van der Waals surface area contributed by atoms with Crippen molar-refractivity contribution in [3.63, 3.8) is 0 Å². The Bertz CT molecular complexity index is 250. The van der Waals surface area contributed by atoms with E-state index in [0.29, 0.717) is 6.04 Å². The fraction of sp³-hybridized carbons (Fsp3) is 0.700. The molecule has 0 aliphatic carbocycles. The van der Waals surface area contributed by atoms with Crippen LogP contribution in [-0.2, 0) is 6.42 Å². The standard InChI is InChI=1S/C10H19N3/c1-8(2)13-10(6-7-12-13)5-4-9(3)11/h6-9H,4-5,11H2,1-3H3/t9-/m1/s1. The zero-order chi connectivity index (χ0) is 9.84. The van der Waals surface area contributed by atoms with Gasteiger partial charge in [-0.05, 0) is 39.7 Å². The second-order valence-corrected chi connectivity index (χ2v) is 3.88. The number of aromatic nitrogens is 2. The van der Waals surface area contributed by atoms with E-state index < -0.39 is 0 Å². The Hall–Kier alpha value is -0.830. The summed E-state index contributed by atoms with van der Waals surface area (Å²) in [5.74, 6) is 0. The monoisotopic (exact) mass is 181 g/mol. The van der Waals surface area contributed by atoms with Gasteiger partial charge in [0.1, 0.15) is 0 Å². The van der Waals surface area contributed by atoms with Crippen LogP contribution in [0.3, 0.4) is 0 Å². The van der Waals surface area contributed by atoms with Crippen molar-refractivity contribution in [2.75, 3.05) is 0 Å². The summed E-state index contributed by atoms with van der Waals surface area (Å²) >= 11 is 0. The third-order valence-electron chi connectivity index (χ3n) is 2.10. The molecule has 0 aliphatic rings. The van der Waals surface area contributed by atoms with Crippen molar-refractivity contribution in [2.24, 2.45) is 5.73 Å². The molecule has 1 rings (SSSR count). The van der Waals surface area contributed by atoms with Crippen LogP contribution in [0.4, 0.5) is 0 Å². The lowest BCUT2D eigenvalue weighted by atomic mass is 10.1. The first-order valence-corrected chi connectivity index (χ1v) is 4.89.